The van der Waals surface area contributed by atoms with Crippen molar-refractivity contribution in [2.75, 3.05) is 12.8 Å². The SMILES string of the molecule is CNCn1c(=O)c2c(nc(N)n2CC(=O)c2ccccc2)n(C)c1=O. The van der Waals surface area contributed by atoms with Crippen molar-refractivity contribution in [3.63, 3.8) is 0 Å². The van der Waals surface area contributed by atoms with Crippen LogP contribution in [-0.4, -0.2) is 31.5 Å². The number of rotatable bonds is 5. The van der Waals surface area contributed by atoms with Crippen LogP contribution in [0.4, 0.5) is 5.95 Å². The second-order valence-corrected chi connectivity index (χ2v) is 5.60. The fourth-order valence-corrected chi connectivity index (χ4v) is 2.70. The van der Waals surface area contributed by atoms with Crippen LogP contribution in [0.1, 0.15) is 10.4 Å². The Balaban J connectivity index is 2.19. The van der Waals surface area contributed by atoms with Gasteiger partial charge in [-0.15, -0.1) is 0 Å². The van der Waals surface area contributed by atoms with Crippen molar-refractivity contribution in [2.24, 2.45) is 7.05 Å². The first-order valence-electron chi connectivity index (χ1n) is 7.64. The fourth-order valence-electron chi connectivity index (χ4n) is 2.70. The number of nitrogens with one attached hydrogen (secondary N) is 1. The molecule has 9 nitrogen and oxygen atoms in total. The van der Waals surface area contributed by atoms with E-state index in [9.17, 15) is 14.4 Å². The zero-order chi connectivity index (χ0) is 18.1. The van der Waals surface area contributed by atoms with E-state index in [0.29, 0.717) is 5.56 Å². The largest absolute Gasteiger partial charge is 0.369 e. The monoisotopic (exact) mass is 342 g/mol. The molecular formula is C16H18N6O3. The van der Waals surface area contributed by atoms with Crippen LogP contribution in [0.3, 0.4) is 0 Å². The molecule has 0 atom stereocenters. The molecule has 3 aromatic rings. The number of fused-ring (bicyclic) bond motifs is 1. The van der Waals surface area contributed by atoms with Crippen LogP contribution in [0, 0.1) is 0 Å². The number of carbonyl (C=O) groups excluding carboxylic acids is 1. The van der Waals surface area contributed by atoms with E-state index in [-0.39, 0.29) is 36.1 Å². The third kappa shape index (κ3) is 2.74. The molecular weight excluding hydrogens is 324 g/mol. The first-order valence-corrected chi connectivity index (χ1v) is 7.64. The van der Waals surface area contributed by atoms with Gasteiger partial charge in [0, 0.05) is 12.6 Å². The topological polar surface area (TPSA) is 117 Å². The molecule has 0 saturated carbocycles. The Labute approximate surface area is 142 Å². The number of ketones is 1. The smallest absolute Gasteiger partial charge is 0.333 e. The van der Waals surface area contributed by atoms with Gasteiger partial charge in [-0.2, -0.15) is 4.98 Å². The van der Waals surface area contributed by atoms with Gasteiger partial charge in [-0.1, -0.05) is 30.3 Å². The second-order valence-electron chi connectivity index (χ2n) is 5.60. The standard InChI is InChI=1S/C16H18N6O3/c1-18-9-22-14(24)12-13(20(2)16(22)25)19-15(17)21(12)8-11(23)10-6-4-3-5-7-10/h3-7,18H,8-9H2,1-2H3,(H2,17,19). The summed E-state index contributed by atoms with van der Waals surface area (Å²) in [6.45, 7) is -0.0987. The molecule has 0 aliphatic carbocycles. The van der Waals surface area contributed by atoms with Gasteiger partial charge in [0.05, 0.1) is 13.2 Å². The van der Waals surface area contributed by atoms with E-state index in [1.165, 1.54) is 16.2 Å². The van der Waals surface area contributed by atoms with E-state index >= 15 is 0 Å². The van der Waals surface area contributed by atoms with Crippen LogP contribution in [-0.2, 0) is 20.3 Å². The second kappa shape index (κ2) is 6.36. The van der Waals surface area contributed by atoms with Gasteiger partial charge in [-0.05, 0) is 7.05 Å². The van der Waals surface area contributed by atoms with Crippen molar-refractivity contribution >= 4 is 22.9 Å². The highest BCUT2D eigenvalue weighted by Crippen LogP contribution is 2.14. The molecule has 9 heteroatoms. The number of benzene rings is 1. The van der Waals surface area contributed by atoms with Gasteiger partial charge in [0.2, 0.25) is 5.95 Å². The summed E-state index contributed by atoms with van der Waals surface area (Å²) in [6.07, 6.45) is 0. The minimum Gasteiger partial charge on any atom is -0.369 e. The minimum atomic E-state index is -0.544. The van der Waals surface area contributed by atoms with E-state index in [1.807, 2.05) is 6.07 Å². The number of nitrogens with two attached hydrogens (primary N) is 1. The van der Waals surface area contributed by atoms with Gasteiger partial charge in [-0.3, -0.25) is 18.7 Å². The number of nitrogens with zero attached hydrogens (tertiary/aromatic N) is 4. The highest BCUT2D eigenvalue weighted by atomic mass is 16.2. The first kappa shape index (κ1) is 16.7. The van der Waals surface area contributed by atoms with Gasteiger partial charge < -0.3 is 11.1 Å². The number of hydrogen-bond donors (Lipinski definition) is 2. The van der Waals surface area contributed by atoms with Gasteiger partial charge in [0.15, 0.2) is 16.9 Å². The summed E-state index contributed by atoms with van der Waals surface area (Å²) in [5.74, 6) is -0.200. The quantitative estimate of drug-likeness (QED) is 0.606. The molecule has 0 unspecified atom stereocenters. The average Bonchev–Trinajstić information content (AvgIpc) is 2.94. The molecule has 0 spiro atoms. The molecule has 2 heterocycles. The number of aromatic nitrogens is 4. The lowest BCUT2D eigenvalue weighted by Crippen LogP contribution is -2.42. The van der Waals surface area contributed by atoms with Gasteiger partial charge >= 0.3 is 5.69 Å². The Morgan fingerprint density at radius 1 is 1.20 bits per heavy atom. The van der Waals surface area contributed by atoms with Gasteiger partial charge in [0.1, 0.15) is 0 Å². The maximum absolute atomic E-state index is 12.7. The summed E-state index contributed by atoms with van der Waals surface area (Å²) in [7, 11) is 3.13. The zero-order valence-corrected chi connectivity index (χ0v) is 13.9. The van der Waals surface area contributed by atoms with Crippen LogP contribution >= 0.6 is 0 Å². The third-order valence-corrected chi connectivity index (χ3v) is 3.98. The number of nitrogen functional groups attached to an aromatic ring is 1. The first-order chi connectivity index (χ1) is 12.0. The maximum Gasteiger partial charge on any atom is 0.333 e. The summed E-state index contributed by atoms with van der Waals surface area (Å²) in [5, 5.41) is 2.77. The summed E-state index contributed by atoms with van der Waals surface area (Å²) in [6, 6.07) is 8.70. The third-order valence-electron chi connectivity index (χ3n) is 3.98. The summed E-state index contributed by atoms with van der Waals surface area (Å²) >= 11 is 0. The maximum atomic E-state index is 12.7. The van der Waals surface area contributed by atoms with Gasteiger partial charge in [-0.25, -0.2) is 9.36 Å². The van der Waals surface area contributed by atoms with E-state index in [0.717, 1.165) is 4.57 Å². The number of anilines is 1. The number of aryl methyl sites for hydroxylation is 1. The summed E-state index contributed by atoms with van der Waals surface area (Å²) in [5.41, 5.74) is 5.64. The molecule has 0 fully saturated rings. The molecule has 3 rings (SSSR count). The van der Waals surface area contributed by atoms with Crippen molar-refractivity contribution in [1.29, 1.82) is 0 Å². The molecule has 0 aliphatic heterocycles. The van der Waals surface area contributed by atoms with Crippen LogP contribution < -0.4 is 22.3 Å². The molecule has 25 heavy (non-hydrogen) atoms. The molecule has 130 valence electrons. The van der Waals surface area contributed by atoms with Crippen molar-refractivity contribution in [3.05, 3.63) is 56.7 Å². The Hall–Kier alpha value is -3.20. The normalized spacial score (nSPS) is 11.1. The minimum absolute atomic E-state index is 0.00795. The predicted octanol–water partition coefficient (Wildman–Crippen LogP) is -0.461. The number of imidazole rings is 1. The van der Waals surface area contributed by atoms with Crippen molar-refractivity contribution in [3.8, 4) is 0 Å². The molecule has 0 amide bonds. The molecule has 3 N–H and O–H groups in total. The van der Waals surface area contributed by atoms with Crippen LogP contribution in [0.2, 0.25) is 0 Å². The van der Waals surface area contributed by atoms with Crippen LogP contribution in [0.25, 0.3) is 11.2 Å². The van der Waals surface area contributed by atoms with E-state index in [1.54, 1.807) is 31.3 Å². The highest BCUT2D eigenvalue weighted by Gasteiger charge is 2.20. The average molecular weight is 342 g/mol. The predicted molar refractivity (Wildman–Crippen MR) is 93.5 cm³/mol. The van der Waals surface area contributed by atoms with Crippen LogP contribution in [0.5, 0.6) is 0 Å². The number of Topliss-reactive ketones (excluding diaryl/α,β-unsaturated/α-hetero) is 1. The molecule has 0 aliphatic rings. The van der Waals surface area contributed by atoms with Crippen molar-refractivity contribution < 1.29 is 4.79 Å². The zero-order valence-electron chi connectivity index (χ0n) is 13.9. The van der Waals surface area contributed by atoms with Crippen molar-refractivity contribution in [1.82, 2.24) is 24.0 Å². The van der Waals surface area contributed by atoms with E-state index < -0.39 is 11.2 Å². The van der Waals surface area contributed by atoms with Crippen LogP contribution in [0.15, 0.2) is 39.9 Å². The van der Waals surface area contributed by atoms with E-state index in [2.05, 4.69) is 10.3 Å². The lowest BCUT2D eigenvalue weighted by Gasteiger charge is -2.09. The lowest BCUT2D eigenvalue weighted by molar-refractivity contribution is 0.0974. The number of hydrogen-bond acceptors (Lipinski definition) is 6. The Kier molecular flexibility index (Phi) is 4.24. The van der Waals surface area contributed by atoms with Gasteiger partial charge in [0.25, 0.3) is 5.56 Å². The highest BCUT2D eigenvalue weighted by molar-refractivity contribution is 5.96. The Morgan fingerprint density at radius 2 is 1.88 bits per heavy atom. The Morgan fingerprint density at radius 3 is 2.52 bits per heavy atom. The van der Waals surface area contributed by atoms with Crippen molar-refractivity contribution in [2.45, 2.75) is 13.2 Å². The number of carbonyl (C=O) groups is 1. The fraction of sp³-hybridized carbons (Fsp3) is 0.250. The molecule has 0 saturated heterocycles. The summed E-state index contributed by atoms with van der Waals surface area (Å²) < 4.78 is 3.62. The summed E-state index contributed by atoms with van der Waals surface area (Å²) in [4.78, 5) is 41.6. The Bertz CT molecular complexity index is 1060. The van der Waals surface area contributed by atoms with E-state index in [4.69, 9.17) is 5.73 Å². The molecule has 0 bridgehead atoms. The lowest BCUT2D eigenvalue weighted by atomic mass is 10.1. The molecule has 2 aromatic heterocycles. The molecule has 1 aromatic carbocycles. The molecule has 0 radical (unpaired) electrons.